The summed E-state index contributed by atoms with van der Waals surface area (Å²) in [6.07, 6.45) is 2.97. The van der Waals surface area contributed by atoms with Crippen LogP contribution < -0.4 is 4.72 Å². The smallest absolute Gasteiger partial charge is 0.335 e. The Morgan fingerprint density at radius 3 is 2.25 bits per heavy atom. The lowest BCUT2D eigenvalue weighted by Gasteiger charge is -2.22. The first kappa shape index (κ1) is 15.0. The number of benzene rings is 1. The molecule has 0 radical (unpaired) electrons. The van der Waals surface area contributed by atoms with Gasteiger partial charge in [-0.1, -0.05) is 12.8 Å². The van der Waals surface area contributed by atoms with Gasteiger partial charge in [-0.25, -0.2) is 17.9 Å². The first-order valence-corrected chi connectivity index (χ1v) is 7.86. The van der Waals surface area contributed by atoms with Crippen LogP contribution in [-0.4, -0.2) is 36.7 Å². The first-order chi connectivity index (χ1) is 9.32. The number of carbonyl (C=O) groups is 1. The Morgan fingerprint density at radius 1 is 1.20 bits per heavy atom. The molecule has 110 valence electrons. The van der Waals surface area contributed by atoms with Gasteiger partial charge in [0.05, 0.1) is 16.1 Å². The van der Waals surface area contributed by atoms with E-state index in [0.717, 1.165) is 12.8 Å². The molecule has 0 atom stereocenters. The lowest BCUT2D eigenvalue weighted by molar-refractivity contribution is 0.0531. The van der Waals surface area contributed by atoms with E-state index in [2.05, 4.69) is 4.72 Å². The fourth-order valence-corrected chi connectivity index (χ4v) is 3.42. The molecule has 0 unspecified atom stereocenters. The van der Waals surface area contributed by atoms with E-state index in [4.69, 9.17) is 5.11 Å². The minimum Gasteiger partial charge on any atom is -0.478 e. The highest BCUT2D eigenvalue weighted by Gasteiger charge is 2.32. The molecule has 7 heteroatoms. The van der Waals surface area contributed by atoms with Gasteiger partial charge in [0.15, 0.2) is 0 Å². The van der Waals surface area contributed by atoms with Crippen molar-refractivity contribution in [3.63, 3.8) is 0 Å². The van der Waals surface area contributed by atoms with Crippen LogP contribution in [0, 0.1) is 0 Å². The Labute approximate surface area is 117 Å². The molecule has 0 aromatic heterocycles. The molecule has 1 aromatic carbocycles. The molecule has 0 bridgehead atoms. The van der Waals surface area contributed by atoms with Crippen LogP contribution in [0.2, 0.25) is 0 Å². The van der Waals surface area contributed by atoms with Crippen LogP contribution in [0.1, 0.15) is 36.0 Å². The predicted octanol–water partition coefficient (Wildman–Crippen LogP) is 0.968. The van der Waals surface area contributed by atoms with E-state index in [9.17, 15) is 18.3 Å². The van der Waals surface area contributed by atoms with Gasteiger partial charge in [-0.15, -0.1) is 0 Å². The minimum atomic E-state index is -3.73. The summed E-state index contributed by atoms with van der Waals surface area (Å²) in [4.78, 5) is 10.7. The van der Waals surface area contributed by atoms with Gasteiger partial charge in [0.1, 0.15) is 0 Å². The predicted molar refractivity (Wildman–Crippen MR) is 72.0 cm³/mol. The molecule has 0 heterocycles. The van der Waals surface area contributed by atoms with E-state index in [-0.39, 0.29) is 17.0 Å². The maximum absolute atomic E-state index is 12.0. The summed E-state index contributed by atoms with van der Waals surface area (Å²) < 4.78 is 26.5. The maximum atomic E-state index is 12.0. The number of hydrogen-bond acceptors (Lipinski definition) is 4. The van der Waals surface area contributed by atoms with Crippen LogP contribution in [0.25, 0.3) is 0 Å². The number of nitrogens with one attached hydrogen (secondary N) is 1. The molecule has 3 N–H and O–H groups in total. The van der Waals surface area contributed by atoms with Gasteiger partial charge in [0.2, 0.25) is 10.0 Å². The van der Waals surface area contributed by atoms with Gasteiger partial charge in [0.25, 0.3) is 0 Å². The molecular weight excluding hydrogens is 282 g/mol. The maximum Gasteiger partial charge on any atom is 0.335 e. The molecule has 1 saturated carbocycles. The second kappa shape index (κ2) is 5.51. The standard InChI is InChI=1S/C13H17NO5S/c15-12(16)10-3-5-11(6-4-10)20(18,19)14-9-13(17)7-1-2-8-13/h3-6,14,17H,1-2,7-9H2,(H,15,16). The average molecular weight is 299 g/mol. The third kappa shape index (κ3) is 3.36. The summed E-state index contributed by atoms with van der Waals surface area (Å²) in [5.41, 5.74) is -0.938. The van der Waals surface area contributed by atoms with Gasteiger partial charge in [-0.2, -0.15) is 0 Å². The van der Waals surface area contributed by atoms with Crippen molar-refractivity contribution < 1.29 is 23.4 Å². The minimum absolute atomic E-state index is 0.0101. The van der Waals surface area contributed by atoms with Crippen molar-refractivity contribution >= 4 is 16.0 Å². The van der Waals surface area contributed by atoms with Crippen LogP contribution in [-0.2, 0) is 10.0 Å². The highest BCUT2D eigenvalue weighted by molar-refractivity contribution is 7.89. The molecule has 0 aliphatic heterocycles. The molecule has 6 nitrogen and oxygen atoms in total. The summed E-state index contributed by atoms with van der Waals surface area (Å²) >= 11 is 0. The zero-order valence-electron chi connectivity index (χ0n) is 10.9. The van der Waals surface area contributed by atoms with Gasteiger partial charge in [-0.05, 0) is 37.1 Å². The Kier molecular flexibility index (Phi) is 4.12. The Balaban J connectivity index is 2.08. The zero-order chi connectivity index (χ0) is 14.8. The molecule has 1 aromatic rings. The van der Waals surface area contributed by atoms with E-state index in [1.807, 2.05) is 0 Å². The van der Waals surface area contributed by atoms with Crippen molar-refractivity contribution in [2.45, 2.75) is 36.2 Å². The summed E-state index contributed by atoms with van der Waals surface area (Å²) in [5, 5.41) is 18.9. The van der Waals surface area contributed by atoms with Gasteiger partial charge in [0, 0.05) is 6.54 Å². The molecule has 0 amide bonds. The third-order valence-corrected chi connectivity index (χ3v) is 4.95. The molecule has 20 heavy (non-hydrogen) atoms. The highest BCUT2D eigenvalue weighted by Crippen LogP contribution is 2.29. The average Bonchev–Trinajstić information content (AvgIpc) is 2.84. The van der Waals surface area contributed by atoms with Gasteiger partial charge < -0.3 is 10.2 Å². The van der Waals surface area contributed by atoms with Crippen molar-refractivity contribution in [3.05, 3.63) is 29.8 Å². The quantitative estimate of drug-likeness (QED) is 0.751. The van der Waals surface area contributed by atoms with Crippen LogP contribution in [0.4, 0.5) is 0 Å². The number of aliphatic hydroxyl groups is 1. The summed E-state index contributed by atoms with van der Waals surface area (Å²) in [5.74, 6) is -1.11. The van der Waals surface area contributed by atoms with E-state index in [1.54, 1.807) is 0 Å². The summed E-state index contributed by atoms with van der Waals surface area (Å²) in [6, 6.07) is 4.96. The number of aromatic carboxylic acids is 1. The number of carboxylic acid groups (broad SMARTS) is 1. The Bertz CT molecular complexity index is 588. The summed E-state index contributed by atoms with van der Waals surface area (Å²) in [6.45, 7) is -0.0178. The van der Waals surface area contributed by atoms with Crippen molar-refractivity contribution in [2.24, 2.45) is 0 Å². The van der Waals surface area contributed by atoms with Crippen molar-refractivity contribution in [2.75, 3.05) is 6.54 Å². The molecule has 1 aliphatic carbocycles. The largest absolute Gasteiger partial charge is 0.478 e. The number of sulfonamides is 1. The normalized spacial score (nSPS) is 18.1. The molecule has 2 rings (SSSR count). The van der Waals surface area contributed by atoms with Crippen molar-refractivity contribution in [3.8, 4) is 0 Å². The van der Waals surface area contributed by atoms with E-state index >= 15 is 0 Å². The molecule has 1 fully saturated rings. The topological polar surface area (TPSA) is 104 Å². The summed E-state index contributed by atoms with van der Waals surface area (Å²) in [7, 11) is -3.73. The highest BCUT2D eigenvalue weighted by atomic mass is 32.2. The van der Waals surface area contributed by atoms with Crippen LogP contribution in [0.15, 0.2) is 29.2 Å². The van der Waals surface area contributed by atoms with E-state index in [1.165, 1.54) is 24.3 Å². The lowest BCUT2D eigenvalue weighted by Crippen LogP contribution is -2.40. The molecule has 1 aliphatic rings. The third-order valence-electron chi connectivity index (χ3n) is 3.54. The monoisotopic (exact) mass is 299 g/mol. The Morgan fingerprint density at radius 2 is 1.75 bits per heavy atom. The lowest BCUT2D eigenvalue weighted by atomic mass is 10.0. The van der Waals surface area contributed by atoms with E-state index < -0.39 is 21.6 Å². The van der Waals surface area contributed by atoms with Crippen LogP contribution in [0.3, 0.4) is 0 Å². The van der Waals surface area contributed by atoms with Gasteiger partial charge >= 0.3 is 5.97 Å². The fourth-order valence-electron chi connectivity index (χ4n) is 2.30. The van der Waals surface area contributed by atoms with E-state index in [0.29, 0.717) is 12.8 Å². The SMILES string of the molecule is O=C(O)c1ccc(S(=O)(=O)NCC2(O)CCCC2)cc1. The molecular formula is C13H17NO5S. The van der Waals surface area contributed by atoms with Crippen molar-refractivity contribution in [1.29, 1.82) is 0 Å². The molecule has 0 spiro atoms. The van der Waals surface area contributed by atoms with Crippen molar-refractivity contribution in [1.82, 2.24) is 4.72 Å². The second-order valence-electron chi connectivity index (χ2n) is 5.09. The fraction of sp³-hybridized carbons (Fsp3) is 0.462. The Hall–Kier alpha value is -1.44. The second-order valence-corrected chi connectivity index (χ2v) is 6.85. The van der Waals surface area contributed by atoms with Gasteiger partial charge in [-0.3, -0.25) is 0 Å². The molecule has 0 saturated heterocycles. The van der Waals surface area contributed by atoms with Crippen LogP contribution >= 0.6 is 0 Å². The van der Waals surface area contributed by atoms with Crippen LogP contribution in [0.5, 0.6) is 0 Å². The number of carboxylic acids is 1. The number of hydrogen-bond donors (Lipinski definition) is 3. The zero-order valence-corrected chi connectivity index (χ0v) is 11.7. The first-order valence-electron chi connectivity index (χ1n) is 6.38. The number of rotatable bonds is 5.